The van der Waals surface area contributed by atoms with Gasteiger partial charge in [0, 0.05) is 10.8 Å². The van der Waals surface area contributed by atoms with E-state index in [9.17, 15) is 4.79 Å². The average Bonchev–Trinajstić information content (AvgIpc) is 2.50. The standard InChI is InChI=1S/C16H13ClO4/c1-8-6-12(20-3)14(17)15-13(8)11-7-9(19-2)4-5-10(11)16(18)21-15/h4-7H,1-3H3. The van der Waals surface area contributed by atoms with Gasteiger partial charge in [0.25, 0.3) is 0 Å². The molecule has 0 saturated heterocycles. The Kier molecular flexibility index (Phi) is 3.26. The molecule has 0 saturated carbocycles. The van der Waals surface area contributed by atoms with Gasteiger partial charge in [-0.1, -0.05) is 11.6 Å². The van der Waals surface area contributed by atoms with Crippen LogP contribution >= 0.6 is 11.6 Å². The van der Waals surface area contributed by atoms with E-state index >= 15 is 0 Å². The zero-order valence-electron chi connectivity index (χ0n) is 11.8. The minimum atomic E-state index is -0.435. The van der Waals surface area contributed by atoms with Crippen LogP contribution in [0.15, 0.2) is 33.5 Å². The maximum absolute atomic E-state index is 12.1. The Hall–Kier alpha value is -2.20. The third-order valence-electron chi connectivity index (χ3n) is 3.52. The molecule has 3 rings (SSSR count). The molecule has 4 nitrogen and oxygen atoms in total. The van der Waals surface area contributed by atoms with Crippen LogP contribution in [0.3, 0.4) is 0 Å². The van der Waals surface area contributed by atoms with Gasteiger partial charge in [0.2, 0.25) is 0 Å². The molecule has 0 spiro atoms. The minimum absolute atomic E-state index is 0.292. The van der Waals surface area contributed by atoms with Gasteiger partial charge in [-0.3, -0.25) is 0 Å². The molecule has 0 aliphatic carbocycles. The fourth-order valence-electron chi connectivity index (χ4n) is 2.49. The van der Waals surface area contributed by atoms with Crippen molar-refractivity contribution in [1.82, 2.24) is 0 Å². The molecular formula is C16H13ClO4. The first-order valence-corrected chi connectivity index (χ1v) is 6.72. The van der Waals surface area contributed by atoms with Gasteiger partial charge < -0.3 is 13.9 Å². The van der Waals surface area contributed by atoms with Gasteiger partial charge in [0.05, 0.1) is 19.6 Å². The number of ether oxygens (including phenoxy) is 2. The molecule has 21 heavy (non-hydrogen) atoms. The third-order valence-corrected chi connectivity index (χ3v) is 3.87. The average molecular weight is 305 g/mol. The Morgan fingerprint density at radius 1 is 1.10 bits per heavy atom. The van der Waals surface area contributed by atoms with Crippen molar-refractivity contribution < 1.29 is 13.9 Å². The molecule has 3 aromatic rings. The highest BCUT2D eigenvalue weighted by molar-refractivity contribution is 6.37. The van der Waals surface area contributed by atoms with Crippen LogP contribution < -0.4 is 15.1 Å². The van der Waals surface area contributed by atoms with Crippen LogP contribution in [0.4, 0.5) is 0 Å². The highest BCUT2D eigenvalue weighted by atomic mass is 35.5. The number of hydrogen-bond donors (Lipinski definition) is 0. The number of rotatable bonds is 2. The Morgan fingerprint density at radius 3 is 2.52 bits per heavy atom. The number of methoxy groups -OCH3 is 2. The van der Waals surface area contributed by atoms with Crippen LogP contribution in [0.25, 0.3) is 21.7 Å². The minimum Gasteiger partial charge on any atom is -0.497 e. The molecule has 2 aromatic carbocycles. The van der Waals surface area contributed by atoms with Gasteiger partial charge in [-0.15, -0.1) is 0 Å². The van der Waals surface area contributed by atoms with Crippen molar-refractivity contribution in [3.8, 4) is 11.5 Å². The smallest absolute Gasteiger partial charge is 0.344 e. The van der Waals surface area contributed by atoms with Gasteiger partial charge in [0.15, 0.2) is 5.58 Å². The molecule has 0 amide bonds. The van der Waals surface area contributed by atoms with Gasteiger partial charge >= 0.3 is 5.63 Å². The molecule has 0 aliphatic heterocycles. The van der Waals surface area contributed by atoms with E-state index < -0.39 is 5.63 Å². The van der Waals surface area contributed by atoms with Gasteiger partial charge in [0.1, 0.15) is 16.5 Å². The van der Waals surface area contributed by atoms with E-state index in [1.807, 2.05) is 19.1 Å². The summed E-state index contributed by atoms with van der Waals surface area (Å²) in [5.74, 6) is 1.15. The van der Waals surface area contributed by atoms with Crippen molar-refractivity contribution >= 4 is 33.3 Å². The van der Waals surface area contributed by atoms with E-state index in [2.05, 4.69) is 0 Å². The molecule has 1 heterocycles. The second-order valence-corrected chi connectivity index (χ2v) is 5.09. The summed E-state index contributed by atoms with van der Waals surface area (Å²) in [6, 6.07) is 7.05. The number of benzene rings is 2. The van der Waals surface area contributed by atoms with E-state index in [4.69, 9.17) is 25.5 Å². The zero-order chi connectivity index (χ0) is 15.1. The lowest BCUT2D eigenvalue weighted by Gasteiger charge is -2.11. The van der Waals surface area contributed by atoms with Crippen molar-refractivity contribution in [3.63, 3.8) is 0 Å². The molecule has 0 bridgehead atoms. The van der Waals surface area contributed by atoms with Gasteiger partial charge in [-0.2, -0.15) is 0 Å². The molecule has 0 fully saturated rings. The quantitative estimate of drug-likeness (QED) is 0.532. The molecule has 1 aromatic heterocycles. The lowest BCUT2D eigenvalue weighted by atomic mass is 10.0. The summed E-state index contributed by atoms with van der Waals surface area (Å²) in [5.41, 5.74) is 0.808. The predicted molar refractivity (Wildman–Crippen MR) is 82.8 cm³/mol. The monoisotopic (exact) mass is 304 g/mol. The first kappa shape index (κ1) is 13.8. The summed E-state index contributed by atoms with van der Waals surface area (Å²) in [7, 11) is 3.10. The summed E-state index contributed by atoms with van der Waals surface area (Å²) in [6.45, 7) is 1.92. The molecule has 0 N–H and O–H groups in total. The van der Waals surface area contributed by atoms with E-state index in [0.717, 1.165) is 16.3 Å². The number of halogens is 1. The topological polar surface area (TPSA) is 48.7 Å². The Morgan fingerprint density at radius 2 is 1.86 bits per heavy atom. The lowest BCUT2D eigenvalue weighted by Crippen LogP contribution is -2.02. The van der Waals surface area contributed by atoms with E-state index in [0.29, 0.717) is 27.5 Å². The van der Waals surface area contributed by atoms with Crippen molar-refractivity contribution in [3.05, 3.63) is 45.3 Å². The number of aryl methyl sites for hydroxylation is 1. The maximum atomic E-state index is 12.1. The largest absolute Gasteiger partial charge is 0.497 e. The van der Waals surface area contributed by atoms with E-state index in [-0.39, 0.29) is 0 Å². The first-order chi connectivity index (χ1) is 10.1. The van der Waals surface area contributed by atoms with Crippen LogP contribution in [0.5, 0.6) is 11.5 Å². The first-order valence-electron chi connectivity index (χ1n) is 6.34. The lowest BCUT2D eigenvalue weighted by molar-refractivity contribution is 0.414. The van der Waals surface area contributed by atoms with Crippen LogP contribution in [-0.2, 0) is 0 Å². The summed E-state index contributed by atoms with van der Waals surface area (Å²) in [4.78, 5) is 12.1. The Bertz CT molecular complexity index is 912. The molecule has 5 heteroatoms. The van der Waals surface area contributed by atoms with Crippen LogP contribution in [0.1, 0.15) is 5.56 Å². The molecule has 0 atom stereocenters. The van der Waals surface area contributed by atoms with E-state index in [1.54, 1.807) is 19.2 Å². The van der Waals surface area contributed by atoms with Gasteiger partial charge in [-0.05, 0) is 36.8 Å². The highest BCUT2D eigenvalue weighted by Crippen LogP contribution is 2.38. The Balaban J connectivity index is 2.59. The number of fused-ring (bicyclic) bond motifs is 3. The maximum Gasteiger partial charge on any atom is 0.344 e. The second kappa shape index (κ2) is 4.97. The van der Waals surface area contributed by atoms with Crippen molar-refractivity contribution in [1.29, 1.82) is 0 Å². The summed E-state index contributed by atoms with van der Waals surface area (Å²) in [5, 5.41) is 2.32. The molecule has 0 radical (unpaired) electrons. The van der Waals surface area contributed by atoms with Crippen molar-refractivity contribution in [2.45, 2.75) is 6.92 Å². The van der Waals surface area contributed by atoms with Crippen LogP contribution in [0.2, 0.25) is 5.02 Å². The molecule has 108 valence electrons. The van der Waals surface area contributed by atoms with Crippen molar-refractivity contribution in [2.24, 2.45) is 0 Å². The fourth-order valence-corrected chi connectivity index (χ4v) is 2.76. The summed E-state index contributed by atoms with van der Waals surface area (Å²) in [6.07, 6.45) is 0. The SMILES string of the molecule is COc1ccc2c(=O)oc3c(Cl)c(OC)cc(C)c3c2c1. The zero-order valence-corrected chi connectivity index (χ0v) is 12.6. The molecule has 0 unspecified atom stereocenters. The number of hydrogen-bond acceptors (Lipinski definition) is 4. The van der Waals surface area contributed by atoms with Gasteiger partial charge in [-0.25, -0.2) is 4.79 Å². The normalized spacial score (nSPS) is 11.0. The predicted octanol–water partition coefficient (Wildman–Crippen LogP) is 3.93. The van der Waals surface area contributed by atoms with E-state index in [1.165, 1.54) is 7.11 Å². The van der Waals surface area contributed by atoms with Crippen LogP contribution in [0, 0.1) is 6.92 Å². The highest BCUT2D eigenvalue weighted by Gasteiger charge is 2.16. The fraction of sp³-hybridized carbons (Fsp3) is 0.188. The summed E-state index contributed by atoms with van der Waals surface area (Å²) >= 11 is 6.27. The Labute approximate surface area is 125 Å². The second-order valence-electron chi connectivity index (χ2n) is 4.71. The van der Waals surface area contributed by atoms with Crippen molar-refractivity contribution in [2.75, 3.05) is 14.2 Å². The van der Waals surface area contributed by atoms with Crippen LogP contribution in [-0.4, -0.2) is 14.2 Å². The third kappa shape index (κ3) is 2.03. The molecule has 0 aliphatic rings. The summed E-state index contributed by atoms with van der Waals surface area (Å²) < 4.78 is 15.8. The molecular weight excluding hydrogens is 292 g/mol.